The van der Waals surface area contributed by atoms with Crippen molar-refractivity contribution in [2.45, 2.75) is 32.9 Å². The van der Waals surface area contributed by atoms with Crippen molar-refractivity contribution in [2.24, 2.45) is 10.9 Å². The van der Waals surface area contributed by atoms with Crippen LogP contribution in [-0.2, 0) is 13.1 Å². The van der Waals surface area contributed by atoms with Gasteiger partial charge in [0.1, 0.15) is 5.82 Å². The Labute approximate surface area is 154 Å². The molecule has 5 nitrogen and oxygen atoms in total. The third-order valence-corrected chi connectivity index (χ3v) is 5.37. The van der Waals surface area contributed by atoms with Crippen LogP contribution in [0.5, 0.6) is 0 Å². The molecule has 0 bridgehead atoms. The number of hydrogen-bond acceptors (Lipinski definition) is 4. The van der Waals surface area contributed by atoms with Crippen molar-refractivity contribution in [1.82, 2.24) is 15.6 Å². The normalized spacial score (nSPS) is 16.1. The number of anilines is 1. The highest BCUT2D eigenvalue weighted by Gasteiger charge is 2.16. The van der Waals surface area contributed by atoms with Crippen molar-refractivity contribution in [2.75, 3.05) is 25.0 Å². The molecule has 1 aliphatic rings. The zero-order chi connectivity index (χ0) is 17.5. The number of guanidine groups is 1. The minimum Gasteiger partial charge on any atom is -0.357 e. The van der Waals surface area contributed by atoms with Crippen molar-refractivity contribution in [1.29, 1.82) is 0 Å². The number of hydrogen-bond donors (Lipinski definition) is 2. The number of piperidine rings is 1. The number of aromatic nitrogens is 1. The Bertz CT molecular complexity index is 658. The van der Waals surface area contributed by atoms with Gasteiger partial charge in [0.05, 0.1) is 0 Å². The van der Waals surface area contributed by atoms with Crippen molar-refractivity contribution in [3.63, 3.8) is 0 Å². The van der Waals surface area contributed by atoms with Crippen LogP contribution in [0.2, 0.25) is 0 Å². The van der Waals surface area contributed by atoms with E-state index in [1.54, 1.807) is 18.4 Å². The Balaban J connectivity index is 1.47. The maximum absolute atomic E-state index is 4.64. The van der Waals surface area contributed by atoms with E-state index in [1.165, 1.54) is 18.4 Å². The van der Waals surface area contributed by atoms with Gasteiger partial charge in [0, 0.05) is 39.4 Å². The molecule has 1 saturated heterocycles. The Kier molecular flexibility index (Phi) is 6.28. The lowest BCUT2D eigenvalue weighted by Crippen LogP contribution is -2.36. The minimum atomic E-state index is 0.716. The van der Waals surface area contributed by atoms with Gasteiger partial charge in [-0.1, -0.05) is 13.0 Å². The lowest BCUT2D eigenvalue weighted by molar-refractivity contribution is 0.436. The van der Waals surface area contributed by atoms with Crippen LogP contribution in [0.1, 0.15) is 30.9 Å². The molecule has 2 aromatic heterocycles. The van der Waals surface area contributed by atoms with Crippen LogP contribution in [-0.4, -0.2) is 31.1 Å². The summed E-state index contributed by atoms with van der Waals surface area (Å²) >= 11 is 1.71. The summed E-state index contributed by atoms with van der Waals surface area (Å²) in [5.41, 5.74) is 2.43. The number of aliphatic imine (C=N–C) groups is 1. The molecule has 1 fully saturated rings. The number of nitrogens with zero attached hydrogens (tertiary/aromatic N) is 3. The van der Waals surface area contributed by atoms with E-state index in [4.69, 9.17) is 0 Å². The average molecular weight is 358 g/mol. The molecular formula is C19H27N5S. The minimum absolute atomic E-state index is 0.716. The molecule has 2 aromatic rings. The van der Waals surface area contributed by atoms with E-state index < -0.39 is 0 Å². The highest BCUT2D eigenvalue weighted by Crippen LogP contribution is 2.21. The molecule has 0 saturated carbocycles. The van der Waals surface area contributed by atoms with E-state index in [-0.39, 0.29) is 0 Å². The van der Waals surface area contributed by atoms with Crippen LogP contribution in [0, 0.1) is 5.92 Å². The van der Waals surface area contributed by atoms with E-state index >= 15 is 0 Å². The molecule has 134 valence electrons. The third kappa shape index (κ3) is 5.19. The molecule has 6 heteroatoms. The van der Waals surface area contributed by atoms with Crippen molar-refractivity contribution >= 4 is 23.1 Å². The summed E-state index contributed by atoms with van der Waals surface area (Å²) in [5.74, 6) is 2.74. The number of nitrogens with one attached hydrogen (secondary N) is 2. The summed E-state index contributed by atoms with van der Waals surface area (Å²) in [7, 11) is 1.79. The van der Waals surface area contributed by atoms with Crippen molar-refractivity contribution in [3.8, 4) is 0 Å². The molecule has 0 aliphatic carbocycles. The van der Waals surface area contributed by atoms with Gasteiger partial charge in [-0.25, -0.2) is 4.98 Å². The first-order valence-electron chi connectivity index (χ1n) is 8.90. The van der Waals surface area contributed by atoms with Gasteiger partial charge in [-0.3, -0.25) is 4.99 Å². The maximum Gasteiger partial charge on any atom is 0.191 e. The number of thiophene rings is 1. The highest BCUT2D eigenvalue weighted by molar-refractivity contribution is 7.07. The SMILES string of the molecule is CN=C(NCc1ccc(N2CCC(C)CC2)nc1)NCc1ccsc1. The first kappa shape index (κ1) is 17.7. The number of rotatable bonds is 5. The van der Waals surface area contributed by atoms with Crippen LogP contribution < -0.4 is 15.5 Å². The molecule has 0 radical (unpaired) electrons. The van der Waals surface area contributed by atoms with Gasteiger partial charge in [-0.05, 0) is 52.8 Å². The van der Waals surface area contributed by atoms with Crippen molar-refractivity contribution in [3.05, 3.63) is 46.3 Å². The first-order chi connectivity index (χ1) is 12.2. The Morgan fingerprint density at radius 3 is 2.56 bits per heavy atom. The molecule has 0 aromatic carbocycles. The van der Waals surface area contributed by atoms with Crippen LogP contribution in [0.15, 0.2) is 40.1 Å². The lowest BCUT2D eigenvalue weighted by atomic mass is 9.99. The van der Waals surface area contributed by atoms with Crippen molar-refractivity contribution < 1.29 is 0 Å². The second kappa shape index (κ2) is 8.85. The van der Waals surface area contributed by atoms with E-state index in [1.807, 2.05) is 6.20 Å². The highest BCUT2D eigenvalue weighted by atomic mass is 32.1. The summed E-state index contributed by atoms with van der Waals surface area (Å²) in [5, 5.41) is 10.9. The third-order valence-electron chi connectivity index (χ3n) is 4.64. The van der Waals surface area contributed by atoms with Crippen LogP contribution in [0.3, 0.4) is 0 Å². The lowest BCUT2D eigenvalue weighted by Gasteiger charge is -2.31. The van der Waals surface area contributed by atoms with Gasteiger partial charge in [0.25, 0.3) is 0 Å². The Morgan fingerprint density at radius 2 is 1.96 bits per heavy atom. The molecule has 0 amide bonds. The van der Waals surface area contributed by atoms with Gasteiger partial charge < -0.3 is 15.5 Å². The second-order valence-corrected chi connectivity index (χ2v) is 7.39. The fourth-order valence-corrected chi connectivity index (χ4v) is 3.60. The summed E-state index contributed by atoms with van der Waals surface area (Å²) in [4.78, 5) is 11.3. The zero-order valence-electron chi connectivity index (χ0n) is 15.0. The standard InChI is InChI=1S/C19H27N5S/c1-15-5-8-24(9-6-15)18-4-3-16(11-21-18)12-22-19(20-2)23-13-17-7-10-25-14-17/h3-4,7,10-11,14-15H,5-6,8-9,12-13H2,1-2H3,(H2,20,22,23). The summed E-state index contributed by atoms with van der Waals surface area (Å²) in [6.07, 6.45) is 4.49. The first-order valence-corrected chi connectivity index (χ1v) is 9.84. The molecule has 3 rings (SSSR count). The van der Waals surface area contributed by atoms with E-state index in [0.717, 1.165) is 42.9 Å². The molecule has 0 spiro atoms. The van der Waals surface area contributed by atoms with E-state index in [2.05, 4.69) is 61.4 Å². The molecule has 3 heterocycles. The summed E-state index contributed by atoms with van der Waals surface area (Å²) in [6.45, 7) is 6.07. The zero-order valence-corrected chi connectivity index (χ0v) is 15.9. The van der Waals surface area contributed by atoms with Gasteiger partial charge >= 0.3 is 0 Å². The molecule has 1 aliphatic heterocycles. The summed E-state index contributed by atoms with van der Waals surface area (Å²) in [6, 6.07) is 6.41. The van der Waals surface area contributed by atoms with Gasteiger partial charge in [0.15, 0.2) is 5.96 Å². The predicted octanol–water partition coefficient (Wildman–Crippen LogP) is 3.24. The topological polar surface area (TPSA) is 52.6 Å². The van der Waals surface area contributed by atoms with Crippen LogP contribution in [0.25, 0.3) is 0 Å². The fraction of sp³-hybridized carbons (Fsp3) is 0.474. The molecule has 25 heavy (non-hydrogen) atoms. The summed E-state index contributed by atoms with van der Waals surface area (Å²) < 4.78 is 0. The van der Waals surface area contributed by atoms with Crippen LogP contribution >= 0.6 is 11.3 Å². The van der Waals surface area contributed by atoms with Gasteiger partial charge in [-0.2, -0.15) is 11.3 Å². The Hall–Kier alpha value is -2.08. The molecule has 2 N–H and O–H groups in total. The average Bonchev–Trinajstić information content (AvgIpc) is 3.17. The monoisotopic (exact) mass is 357 g/mol. The largest absolute Gasteiger partial charge is 0.357 e. The molecule has 0 unspecified atom stereocenters. The van der Waals surface area contributed by atoms with Gasteiger partial charge in [0.2, 0.25) is 0 Å². The number of pyridine rings is 1. The van der Waals surface area contributed by atoms with Gasteiger partial charge in [-0.15, -0.1) is 0 Å². The predicted molar refractivity (Wildman–Crippen MR) is 106 cm³/mol. The quantitative estimate of drug-likeness (QED) is 0.637. The van der Waals surface area contributed by atoms with E-state index in [9.17, 15) is 0 Å². The van der Waals surface area contributed by atoms with E-state index in [0.29, 0.717) is 6.54 Å². The fourth-order valence-electron chi connectivity index (χ4n) is 2.93. The molecule has 0 atom stereocenters. The molecular weight excluding hydrogens is 330 g/mol. The van der Waals surface area contributed by atoms with Crippen LogP contribution in [0.4, 0.5) is 5.82 Å². The smallest absolute Gasteiger partial charge is 0.191 e. The Morgan fingerprint density at radius 1 is 1.20 bits per heavy atom. The second-order valence-electron chi connectivity index (χ2n) is 6.61. The maximum atomic E-state index is 4.64.